The number of anilines is 1. The Bertz CT molecular complexity index is 981. The Kier molecular flexibility index (Phi) is 8.78. The molecule has 0 amide bonds. The number of rotatable bonds is 6. The summed E-state index contributed by atoms with van der Waals surface area (Å²) < 4.78 is 7.23. The standard InChI is InChI=1S/C24H30N6O.HI/c1-25-24(26-16-21-17-27-30(19-21)18-20-6-4-3-5-7-20)29-14-12-28(13-15-29)22-8-10-23(31-2)11-9-22;/h3-11,17,19H,12-16,18H2,1-2H3,(H,25,26);1H. The molecular formula is C24H31IN6O. The number of hydrogen-bond donors (Lipinski definition) is 1. The minimum absolute atomic E-state index is 0. The van der Waals surface area contributed by atoms with E-state index in [1.807, 2.05) is 36.1 Å². The molecule has 32 heavy (non-hydrogen) atoms. The average molecular weight is 546 g/mol. The fraction of sp³-hybridized carbons (Fsp3) is 0.333. The van der Waals surface area contributed by atoms with Crippen LogP contribution in [-0.4, -0.2) is 61.0 Å². The third-order valence-electron chi connectivity index (χ3n) is 5.55. The quantitative estimate of drug-likeness (QED) is 0.292. The SMILES string of the molecule is CN=C(NCc1cnn(Cc2ccccc2)c1)N1CCN(c2ccc(OC)cc2)CC1.I. The van der Waals surface area contributed by atoms with E-state index < -0.39 is 0 Å². The summed E-state index contributed by atoms with van der Waals surface area (Å²) in [5.74, 6) is 1.82. The third kappa shape index (κ3) is 6.15. The first-order valence-corrected chi connectivity index (χ1v) is 10.6. The van der Waals surface area contributed by atoms with Gasteiger partial charge in [-0.1, -0.05) is 30.3 Å². The topological polar surface area (TPSA) is 57.9 Å². The number of halogens is 1. The molecule has 1 aliphatic rings. The average Bonchev–Trinajstić information content (AvgIpc) is 3.28. The maximum atomic E-state index is 5.26. The van der Waals surface area contributed by atoms with E-state index in [1.54, 1.807) is 7.11 Å². The molecule has 1 N–H and O–H groups in total. The lowest BCUT2D eigenvalue weighted by molar-refractivity contribution is 0.372. The van der Waals surface area contributed by atoms with E-state index in [0.717, 1.165) is 50.0 Å². The van der Waals surface area contributed by atoms with E-state index >= 15 is 0 Å². The second-order valence-corrected chi connectivity index (χ2v) is 7.60. The van der Waals surface area contributed by atoms with Crippen LogP contribution in [0.3, 0.4) is 0 Å². The molecule has 0 spiro atoms. The van der Waals surface area contributed by atoms with E-state index in [1.165, 1.54) is 11.3 Å². The Morgan fingerprint density at radius 1 is 1.00 bits per heavy atom. The summed E-state index contributed by atoms with van der Waals surface area (Å²) in [7, 11) is 3.54. The maximum absolute atomic E-state index is 5.26. The normalized spacial score (nSPS) is 14.1. The summed E-state index contributed by atoms with van der Waals surface area (Å²) in [5, 5.41) is 7.98. The van der Waals surface area contributed by atoms with E-state index in [0.29, 0.717) is 6.54 Å². The Labute approximate surface area is 207 Å². The van der Waals surface area contributed by atoms with Gasteiger partial charge in [0, 0.05) is 57.2 Å². The lowest BCUT2D eigenvalue weighted by atomic mass is 10.2. The highest BCUT2D eigenvalue weighted by Crippen LogP contribution is 2.20. The third-order valence-corrected chi connectivity index (χ3v) is 5.55. The van der Waals surface area contributed by atoms with Gasteiger partial charge in [-0.05, 0) is 29.8 Å². The van der Waals surface area contributed by atoms with Crippen LogP contribution in [0.4, 0.5) is 5.69 Å². The van der Waals surface area contributed by atoms with Crippen molar-refractivity contribution >= 4 is 35.6 Å². The summed E-state index contributed by atoms with van der Waals surface area (Å²) in [6.07, 6.45) is 4.01. The van der Waals surface area contributed by atoms with Crippen molar-refractivity contribution in [3.63, 3.8) is 0 Å². The Morgan fingerprint density at radius 2 is 1.72 bits per heavy atom. The van der Waals surface area contributed by atoms with Gasteiger partial charge < -0.3 is 19.9 Å². The van der Waals surface area contributed by atoms with Crippen LogP contribution in [0.15, 0.2) is 72.0 Å². The molecule has 1 aromatic heterocycles. The first kappa shape index (κ1) is 23.9. The van der Waals surface area contributed by atoms with Gasteiger partial charge in [0.2, 0.25) is 0 Å². The number of hydrogen-bond acceptors (Lipinski definition) is 4. The van der Waals surface area contributed by atoms with Gasteiger partial charge in [-0.25, -0.2) is 0 Å². The van der Waals surface area contributed by atoms with Crippen molar-refractivity contribution in [1.29, 1.82) is 0 Å². The molecular weight excluding hydrogens is 515 g/mol. The van der Waals surface area contributed by atoms with Gasteiger partial charge in [0.25, 0.3) is 0 Å². The van der Waals surface area contributed by atoms with Crippen molar-refractivity contribution in [3.05, 3.63) is 78.1 Å². The largest absolute Gasteiger partial charge is 0.497 e. The molecule has 8 heteroatoms. The zero-order valence-electron chi connectivity index (χ0n) is 18.6. The Hall–Kier alpha value is -2.75. The predicted molar refractivity (Wildman–Crippen MR) is 140 cm³/mol. The lowest BCUT2D eigenvalue weighted by Gasteiger charge is -2.37. The summed E-state index contributed by atoms with van der Waals surface area (Å²) in [6, 6.07) is 18.6. The smallest absolute Gasteiger partial charge is 0.194 e. The number of aromatic nitrogens is 2. The van der Waals surface area contributed by atoms with Crippen LogP contribution in [-0.2, 0) is 13.1 Å². The highest BCUT2D eigenvalue weighted by atomic mass is 127. The van der Waals surface area contributed by atoms with Gasteiger partial charge in [0.1, 0.15) is 5.75 Å². The minimum atomic E-state index is 0. The number of piperazine rings is 1. The molecule has 1 fully saturated rings. The van der Waals surface area contributed by atoms with Gasteiger partial charge in [-0.3, -0.25) is 9.67 Å². The molecule has 0 saturated carbocycles. The molecule has 0 aliphatic carbocycles. The highest BCUT2D eigenvalue weighted by Gasteiger charge is 2.20. The number of aliphatic imine (C=N–C) groups is 1. The van der Waals surface area contributed by atoms with Crippen molar-refractivity contribution < 1.29 is 4.74 Å². The van der Waals surface area contributed by atoms with Gasteiger partial charge in [-0.2, -0.15) is 5.10 Å². The first-order chi connectivity index (χ1) is 15.2. The summed E-state index contributed by atoms with van der Waals surface area (Å²) in [5.41, 5.74) is 3.62. The number of nitrogens with zero attached hydrogens (tertiary/aromatic N) is 5. The number of methoxy groups -OCH3 is 1. The van der Waals surface area contributed by atoms with Crippen molar-refractivity contribution in [2.24, 2.45) is 4.99 Å². The number of benzene rings is 2. The van der Waals surface area contributed by atoms with Crippen LogP contribution in [0.1, 0.15) is 11.1 Å². The summed E-state index contributed by atoms with van der Waals surface area (Å²) in [6.45, 7) is 5.27. The monoisotopic (exact) mass is 546 g/mol. The van der Waals surface area contributed by atoms with E-state index in [4.69, 9.17) is 4.74 Å². The van der Waals surface area contributed by atoms with Crippen molar-refractivity contribution in [1.82, 2.24) is 20.0 Å². The maximum Gasteiger partial charge on any atom is 0.194 e. The van der Waals surface area contributed by atoms with Crippen molar-refractivity contribution in [3.8, 4) is 5.75 Å². The molecule has 1 saturated heterocycles. The van der Waals surface area contributed by atoms with Crippen LogP contribution in [0, 0.1) is 0 Å². The molecule has 1 aliphatic heterocycles. The molecule has 0 radical (unpaired) electrons. The van der Waals surface area contributed by atoms with Crippen LogP contribution < -0.4 is 15.0 Å². The molecule has 3 aromatic rings. The molecule has 7 nitrogen and oxygen atoms in total. The summed E-state index contributed by atoms with van der Waals surface area (Å²) in [4.78, 5) is 9.20. The Balaban J connectivity index is 0.00000289. The van der Waals surface area contributed by atoms with Crippen LogP contribution in [0.5, 0.6) is 5.75 Å². The second-order valence-electron chi connectivity index (χ2n) is 7.60. The lowest BCUT2D eigenvalue weighted by Crippen LogP contribution is -2.52. The van der Waals surface area contributed by atoms with E-state index in [2.05, 4.69) is 67.8 Å². The fourth-order valence-electron chi connectivity index (χ4n) is 3.84. The zero-order chi connectivity index (χ0) is 21.5. The predicted octanol–water partition coefficient (Wildman–Crippen LogP) is 3.46. The fourth-order valence-corrected chi connectivity index (χ4v) is 3.84. The van der Waals surface area contributed by atoms with Gasteiger partial charge >= 0.3 is 0 Å². The number of nitrogens with one attached hydrogen (secondary N) is 1. The first-order valence-electron chi connectivity index (χ1n) is 10.6. The molecule has 170 valence electrons. The van der Waals surface area contributed by atoms with E-state index in [-0.39, 0.29) is 24.0 Å². The molecule has 0 bridgehead atoms. The van der Waals surface area contributed by atoms with Gasteiger partial charge in [0.15, 0.2) is 5.96 Å². The highest BCUT2D eigenvalue weighted by molar-refractivity contribution is 14.0. The van der Waals surface area contributed by atoms with Crippen LogP contribution in [0.2, 0.25) is 0 Å². The van der Waals surface area contributed by atoms with E-state index in [9.17, 15) is 0 Å². The minimum Gasteiger partial charge on any atom is -0.497 e. The summed E-state index contributed by atoms with van der Waals surface area (Å²) >= 11 is 0. The second kappa shape index (κ2) is 11.8. The molecule has 0 atom stereocenters. The molecule has 4 rings (SSSR count). The Morgan fingerprint density at radius 3 is 2.38 bits per heavy atom. The molecule has 0 unspecified atom stereocenters. The molecule has 2 aromatic carbocycles. The van der Waals surface area contributed by atoms with Gasteiger partial charge in [0.05, 0.1) is 19.9 Å². The van der Waals surface area contributed by atoms with Crippen LogP contribution in [0.25, 0.3) is 0 Å². The number of guanidine groups is 1. The molecule has 2 heterocycles. The van der Waals surface area contributed by atoms with Crippen molar-refractivity contribution in [2.45, 2.75) is 13.1 Å². The van der Waals surface area contributed by atoms with Gasteiger partial charge in [-0.15, -0.1) is 24.0 Å². The number of ether oxygens (including phenoxy) is 1. The zero-order valence-corrected chi connectivity index (χ0v) is 21.0. The van der Waals surface area contributed by atoms with Crippen LogP contribution >= 0.6 is 24.0 Å². The van der Waals surface area contributed by atoms with Crippen molar-refractivity contribution in [2.75, 3.05) is 45.2 Å².